The molecule has 1 atom stereocenters. The van der Waals surface area contributed by atoms with Gasteiger partial charge in [0, 0.05) is 5.75 Å². The number of carboxylic acids is 1. The first-order valence-electron chi connectivity index (χ1n) is 8.50. The second-order valence-corrected chi connectivity index (χ2v) is 7.28. The van der Waals surface area contributed by atoms with Crippen LogP contribution in [0.1, 0.15) is 0 Å². The van der Waals surface area contributed by atoms with E-state index < -0.39 is 35.2 Å². The van der Waals surface area contributed by atoms with Crippen LogP contribution in [0.15, 0.2) is 53.6 Å². The molecular formula is C20H12F4N2O4S. The molecule has 3 rings (SSSR count). The average Bonchev–Trinajstić information content (AvgIpc) is 3.13. The van der Waals surface area contributed by atoms with Gasteiger partial charge in [-0.05, 0) is 35.4 Å². The summed E-state index contributed by atoms with van der Waals surface area (Å²) in [5.74, 6) is -3.63. The molecule has 0 radical (unpaired) electrons. The summed E-state index contributed by atoms with van der Waals surface area (Å²) in [6, 6.07) is 8.51. The molecule has 0 bridgehead atoms. The van der Waals surface area contributed by atoms with Crippen LogP contribution in [0.4, 0.5) is 23.2 Å². The molecule has 160 valence electrons. The highest BCUT2D eigenvalue weighted by Crippen LogP contribution is 2.35. The van der Waals surface area contributed by atoms with E-state index in [0.29, 0.717) is 0 Å². The van der Waals surface area contributed by atoms with Crippen molar-refractivity contribution < 1.29 is 37.0 Å². The normalized spacial score (nSPS) is 16.0. The van der Waals surface area contributed by atoms with E-state index in [2.05, 4.69) is 14.9 Å². The Morgan fingerprint density at radius 3 is 2.52 bits per heavy atom. The average molecular weight is 452 g/mol. The maximum Gasteiger partial charge on any atom is 0.573 e. The van der Waals surface area contributed by atoms with Crippen LogP contribution in [-0.2, 0) is 9.59 Å². The largest absolute Gasteiger partial charge is 0.573 e. The molecule has 6 nitrogen and oxygen atoms in total. The number of hydrogen-bond acceptors (Lipinski definition) is 4. The Hall–Kier alpha value is -3.52. The second kappa shape index (κ2) is 8.69. The molecule has 1 aliphatic heterocycles. The third kappa shape index (κ3) is 5.16. The number of carbonyl (C=O) groups excluding carboxylic acids is 1. The molecule has 2 N–H and O–H groups in total. The minimum absolute atomic E-state index is 0.0249. The van der Waals surface area contributed by atoms with Crippen LogP contribution in [-0.4, -0.2) is 34.5 Å². The first-order chi connectivity index (χ1) is 14.6. The lowest BCUT2D eigenvalue weighted by molar-refractivity contribution is -0.274. The number of benzene rings is 2. The molecule has 11 heteroatoms. The van der Waals surface area contributed by atoms with E-state index in [1.54, 1.807) is 0 Å². The molecule has 0 fully saturated rings. The number of carboxylic acid groups (broad SMARTS) is 1. The first-order valence-corrected chi connectivity index (χ1v) is 9.55. The Bertz CT molecular complexity index is 1120. The van der Waals surface area contributed by atoms with Crippen molar-refractivity contribution in [2.24, 2.45) is 0 Å². The number of thioether (sulfide) groups is 1. The summed E-state index contributed by atoms with van der Waals surface area (Å²) in [7, 11) is 0. The summed E-state index contributed by atoms with van der Waals surface area (Å²) in [4.78, 5) is 27.0. The minimum atomic E-state index is -4.87. The van der Waals surface area contributed by atoms with Crippen molar-refractivity contribution in [3.8, 4) is 16.9 Å². The zero-order valence-corrected chi connectivity index (χ0v) is 16.2. The number of aliphatic carboxylic acids is 1. The highest BCUT2D eigenvalue weighted by molar-refractivity contribution is 8.00. The molecule has 0 saturated heterocycles. The van der Waals surface area contributed by atoms with Gasteiger partial charge in [-0.25, -0.2) is 15.8 Å². The van der Waals surface area contributed by atoms with Gasteiger partial charge in [-0.1, -0.05) is 30.0 Å². The van der Waals surface area contributed by atoms with Gasteiger partial charge in [-0.15, -0.1) is 13.2 Å². The van der Waals surface area contributed by atoms with Crippen LogP contribution in [0.25, 0.3) is 16.0 Å². The van der Waals surface area contributed by atoms with Crippen LogP contribution in [0.5, 0.6) is 5.75 Å². The lowest BCUT2D eigenvalue weighted by Gasteiger charge is -2.12. The topological polar surface area (TPSA) is 80.0 Å². The number of rotatable bonds is 5. The molecule has 2 aromatic carbocycles. The molecule has 1 amide bonds. The summed E-state index contributed by atoms with van der Waals surface area (Å²) < 4.78 is 55.6. The molecule has 0 spiro atoms. The summed E-state index contributed by atoms with van der Waals surface area (Å²) in [6.45, 7) is 7.11. The molecule has 2 aromatic rings. The molecule has 1 unspecified atom stereocenters. The fourth-order valence-corrected chi connectivity index (χ4v) is 3.95. The van der Waals surface area contributed by atoms with E-state index in [1.165, 1.54) is 24.3 Å². The Kier molecular flexibility index (Phi) is 6.21. The maximum absolute atomic E-state index is 14.6. The zero-order valence-electron chi connectivity index (χ0n) is 15.4. The van der Waals surface area contributed by atoms with Crippen LogP contribution >= 0.6 is 11.8 Å². The molecule has 31 heavy (non-hydrogen) atoms. The van der Waals surface area contributed by atoms with Gasteiger partial charge in [0.25, 0.3) is 11.3 Å². The van der Waals surface area contributed by atoms with Gasteiger partial charge in [0.15, 0.2) is 0 Å². The highest BCUT2D eigenvalue weighted by Gasteiger charge is 2.39. The number of halogens is 4. The van der Waals surface area contributed by atoms with Crippen molar-refractivity contribution in [1.29, 1.82) is 0 Å². The number of carbonyl (C=O) groups is 2. The van der Waals surface area contributed by atoms with Gasteiger partial charge in [-0.2, -0.15) is 0 Å². The first kappa shape index (κ1) is 22.2. The Morgan fingerprint density at radius 1 is 1.19 bits per heavy atom. The summed E-state index contributed by atoms with van der Waals surface area (Å²) in [5, 5.41) is 10.5. The maximum atomic E-state index is 14.6. The Labute approximate surface area is 177 Å². The van der Waals surface area contributed by atoms with Gasteiger partial charge < -0.3 is 15.2 Å². The van der Waals surface area contributed by atoms with E-state index in [-0.39, 0.29) is 33.7 Å². The van der Waals surface area contributed by atoms with Gasteiger partial charge >= 0.3 is 12.3 Å². The molecule has 1 aliphatic rings. The quantitative estimate of drug-likeness (QED) is 0.508. The van der Waals surface area contributed by atoms with Gasteiger partial charge in [-0.3, -0.25) is 9.64 Å². The standard InChI is InChI=1S/C20H12F4N2O4S/c1-25-18-16(13(9-31-18)19(28)29)17(27)26-15-6-5-11(8-14(15)21)10-3-2-4-12(7-10)30-20(22,23)24/h2-8,18H,9H2,(H,26,27)(H,28,29). The molecule has 1 heterocycles. The van der Waals surface area contributed by atoms with Crippen molar-refractivity contribution in [3.63, 3.8) is 0 Å². The number of nitrogens with zero attached hydrogens (tertiary/aromatic N) is 1. The SMILES string of the molecule is [C-]#[N+]C1SCC(C(=O)O)=C1C(=O)Nc1ccc(-c2cccc(OC(F)(F)F)c2)cc1F. The van der Waals surface area contributed by atoms with Crippen LogP contribution in [0.2, 0.25) is 0 Å². The lowest BCUT2D eigenvalue weighted by atomic mass is 10.0. The van der Waals surface area contributed by atoms with Crippen molar-refractivity contribution in [1.82, 2.24) is 0 Å². The van der Waals surface area contributed by atoms with Crippen molar-refractivity contribution in [2.75, 3.05) is 11.1 Å². The predicted molar refractivity (Wildman–Crippen MR) is 105 cm³/mol. The van der Waals surface area contributed by atoms with E-state index in [4.69, 9.17) is 6.57 Å². The third-order valence-corrected chi connectivity index (χ3v) is 5.31. The third-order valence-electron chi connectivity index (χ3n) is 4.20. The van der Waals surface area contributed by atoms with E-state index >= 15 is 0 Å². The fourth-order valence-electron chi connectivity index (χ4n) is 2.86. The second-order valence-electron chi connectivity index (χ2n) is 6.21. The predicted octanol–water partition coefficient (Wildman–Crippen LogP) is 4.70. The number of nitrogens with one attached hydrogen (secondary N) is 1. The number of ether oxygens (including phenoxy) is 1. The number of hydrogen-bond donors (Lipinski definition) is 2. The summed E-state index contributed by atoms with van der Waals surface area (Å²) in [6.07, 6.45) is -4.87. The summed E-state index contributed by atoms with van der Waals surface area (Å²) >= 11 is 0.979. The van der Waals surface area contributed by atoms with Crippen LogP contribution in [0.3, 0.4) is 0 Å². The monoisotopic (exact) mass is 452 g/mol. The van der Waals surface area contributed by atoms with Gasteiger partial charge in [0.05, 0.1) is 11.3 Å². The molecular weight excluding hydrogens is 440 g/mol. The van der Waals surface area contributed by atoms with Crippen LogP contribution < -0.4 is 10.1 Å². The number of amides is 1. The molecule has 0 aromatic heterocycles. The molecule has 0 saturated carbocycles. The number of anilines is 1. The Balaban J connectivity index is 1.84. The van der Waals surface area contributed by atoms with E-state index in [9.17, 15) is 32.3 Å². The van der Waals surface area contributed by atoms with Crippen molar-refractivity contribution in [2.45, 2.75) is 11.7 Å². The minimum Gasteiger partial charge on any atom is -0.478 e. The smallest absolute Gasteiger partial charge is 0.478 e. The fraction of sp³-hybridized carbons (Fsp3) is 0.150. The zero-order chi connectivity index (χ0) is 22.8. The highest BCUT2D eigenvalue weighted by atomic mass is 32.2. The Morgan fingerprint density at radius 2 is 1.90 bits per heavy atom. The lowest BCUT2D eigenvalue weighted by Crippen LogP contribution is -2.21. The van der Waals surface area contributed by atoms with Crippen molar-refractivity contribution >= 4 is 29.3 Å². The van der Waals surface area contributed by atoms with E-state index in [1.807, 2.05) is 0 Å². The van der Waals surface area contributed by atoms with E-state index in [0.717, 1.165) is 30.0 Å². The van der Waals surface area contributed by atoms with Gasteiger partial charge in [0.2, 0.25) is 0 Å². The number of alkyl halides is 3. The van der Waals surface area contributed by atoms with Crippen molar-refractivity contribution in [3.05, 3.63) is 70.8 Å². The van der Waals surface area contributed by atoms with Crippen LogP contribution in [0, 0.1) is 12.4 Å². The summed E-state index contributed by atoms with van der Waals surface area (Å²) in [5.41, 5.74) is -0.261. The molecule has 0 aliphatic carbocycles. The van der Waals surface area contributed by atoms with Gasteiger partial charge in [0.1, 0.15) is 17.1 Å².